The molecule has 31 heavy (non-hydrogen) atoms. The third kappa shape index (κ3) is 4.66. The maximum atomic E-state index is 12.9. The number of alkyl halides is 3. The lowest BCUT2D eigenvalue weighted by molar-refractivity contribution is -0.141. The molecule has 0 radical (unpaired) electrons. The van der Waals surface area contributed by atoms with Crippen molar-refractivity contribution in [3.8, 4) is 11.3 Å². The maximum Gasteiger partial charge on any atom is 0.433 e. The molecule has 0 bridgehead atoms. The van der Waals surface area contributed by atoms with Crippen LogP contribution in [0.25, 0.3) is 11.3 Å². The summed E-state index contributed by atoms with van der Waals surface area (Å²) in [5.74, 6) is -0.776. The van der Waals surface area contributed by atoms with Gasteiger partial charge in [0.05, 0.1) is 29.8 Å². The highest BCUT2D eigenvalue weighted by Crippen LogP contribution is 2.30. The summed E-state index contributed by atoms with van der Waals surface area (Å²) in [6.07, 6.45) is -3.13. The number of aliphatic hydroxyl groups is 1. The van der Waals surface area contributed by atoms with Crippen LogP contribution in [0, 0.1) is 6.92 Å². The molecule has 9 nitrogen and oxygen atoms in total. The average molecular weight is 454 g/mol. The van der Waals surface area contributed by atoms with Gasteiger partial charge >= 0.3 is 6.18 Å². The van der Waals surface area contributed by atoms with Gasteiger partial charge in [-0.15, -0.1) is 5.10 Å². The van der Waals surface area contributed by atoms with Crippen molar-refractivity contribution in [3.63, 3.8) is 0 Å². The van der Waals surface area contributed by atoms with Gasteiger partial charge in [-0.2, -0.15) is 13.2 Å². The van der Waals surface area contributed by atoms with Crippen LogP contribution >= 0.6 is 0 Å². The van der Waals surface area contributed by atoms with Gasteiger partial charge in [0.1, 0.15) is 11.4 Å². The Hall–Kier alpha value is -3.06. The Morgan fingerprint density at radius 2 is 2.00 bits per heavy atom. The molecular weight excluding hydrogens is 437 g/mol. The summed E-state index contributed by atoms with van der Waals surface area (Å²) in [7, 11) is -3.35. The number of nitrogens with one attached hydrogen (secondary N) is 1. The third-order valence-electron chi connectivity index (χ3n) is 4.72. The number of hydrogen-bond donors (Lipinski definition) is 2. The summed E-state index contributed by atoms with van der Waals surface area (Å²) in [6, 6.07) is 5.17. The van der Waals surface area contributed by atoms with Gasteiger partial charge < -0.3 is 10.4 Å². The van der Waals surface area contributed by atoms with Crippen LogP contribution in [0.4, 0.5) is 24.8 Å². The molecule has 1 saturated heterocycles. The van der Waals surface area contributed by atoms with Crippen LogP contribution in [0.1, 0.15) is 17.3 Å². The summed E-state index contributed by atoms with van der Waals surface area (Å²) in [6.45, 7) is 1.79. The molecule has 2 atom stereocenters. The number of hydrogen-bond acceptors (Lipinski definition) is 8. The summed E-state index contributed by atoms with van der Waals surface area (Å²) in [4.78, 5) is 7.31. The van der Waals surface area contributed by atoms with Crippen molar-refractivity contribution in [3.05, 3.63) is 47.9 Å². The lowest BCUT2D eigenvalue weighted by Crippen LogP contribution is -2.22. The van der Waals surface area contributed by atoms with E-state index >= 15 is 0 Å². The zero-order valence-corrected chi connectivity index (χ0v) is 16.9. The van der Waals surface area contributed by atoms with E-state index < -0.39 is 33.9 Å². The van der Waals surface area contributed by atoms with Crippen LogP contribution in [0.15, 0.2) is 36.7 Å². The zero-order chi connectivity index (χ0) is 22.4. The van der Waals surface area contributed by atoms with Crippen molar-refractivity contribution in [2.75, 3.05) is 16.8 Å². The minimum atomic E-state index is -4.59. The minimum absolute atomic E-state index is 0.214. The number of halogens is 3. The van der Waals surface area contributed by atoms with Crippen LogP contribution in [0.3, 0.4) is 0 Å². The number of anilines is 2. The topological polar surface area (TPSA) is 123 Å². The molecule has 1 aliphatic heterocycles. The number of aromatic nitrogens is 5. The molecular formula is C18H17F3N6O3S. The highest BCUT2D eigenvalue weighted by Gasteiger charge is 2.38. The fourth-order valence-electron chi connectivity index (χ4n) is 3.34. The molecule has 2 aromatic heterocycles. The van der Waals surface area contributed by atoms with Crippen LogP contribution in [0.2, 0.25) is 0 Å². The first-order valence-corrected chi connectivity index (χ1v) is 10.9. The molecule has 3 heterocycles. The van der Waals surface area contributed by atoms with E-state index in [1.807, 2.05) is 0 Å². The lowest BCUT2D eigenvalue weighted by atomic mass is 10.1. The van der Waals surface area contributed by atoms with E-state index in [0.717, 1.165) is 17.8 Å². The van der Waals surface area contributed by atoms with Crippen LogP contribution in [0.5, 0.6) is 0 Å². The first kappa shape index (κ1) is 21.2. The van der Waals surface area contributed by atoms with Gasteiger partial charge in [-0.25, -0.2) is 23.1 Å². The van der Waals surface area contributed by atoms with E-state index in [2.05, 4.69) is 25.6 Å². The van der Waals surface area contributed by atoms with Crippen molar-refractivity contribution in [2.45, 2.75) is 25.2 Å². The second-order valence-electron chi connectivity index (χ2n) is 7.27. The van der Waals surface area contributed by atoms with E-state index in [0.29, 0.717) is 16.9 Å². The predicted octanol–water partition coefficient (Wildman–Crippen LogP) is 2.14. The Labute approximate surface area is 174 Å². The van der Waals surface area contributed by atoms with Gasteiger partial charge in [0.25, 0.3) is 0 Å². The molecule has 13 heteroatoms. The summed E-state index contributed by atoms with van der Waals surface area (Å²) in [5.41, 5.74) is 1.16. The number of rotatable bonds is 4. The molecule has 1 aromatic carbocycles. The van der Waals surface area contributed by atoms with Crippen LogP contribution in [-0.4, -0.2) is 56.1 Å². The molecule has 0 spiro atoms. The molecule has 0 amide bonds. The van der Waals surface area contributed by atoms with E-state index in [1.165, 1.54) is 10.9 Å². The van der Waals surface area contributed by atoms with Crippen LogP contribution in [-0.2, 0) is 16.0 Å². The zero-order valence-electron chi connectivity index (χ0n) is 16.1. The predicted molar refractivity (Wildman–Crippen MR) is 104 cm³/mol. The Morgan fingerprint density at radius 1 is 1.23 bits per heavy atom. The molecule has 2 unspecified atom stereocenters. The van der Waals surface area contributed by atoms with E-state index in [9.17, 15) is 26.7 Å². The van der Waals surface area contributed by atoms with E-state index in [4.69, 9.17) is 0 Å². The van der Waals surface area contributed by atoms with E-state index in [-0.39, 0.29) is 17.5 Å². The van der Waals surface area contributed by atoms with Crippen molar-refractivity contribution in [2.24, 2.45) is 0 Å². The number of sulfone groups is 1. The SMILES string of the molecule is Cc1cc(Nc2nccc(C(F)(F)F)n2)cc(-c2cn(C3CS(=O)(=O)CC3O)nn2)c1. The summed E-state index contributed by atoms with van der Waals surface area (Å²) in [5, 5.41) is 20.8. The largest absolute Gasteiger partial charge is 0.433 e. The van der Waals surface area contributed by atoms with E-state index in [1.54, 1.807) is 25.1 Å². The second kappa shape index (κ2) is 7.57. The van der Waals surface area contributed by atoms with Gasteiger partial charge in [0, 0.05) is 17.4 Å². The van der Waals surface area contributed by atoms with Crippen LogP contribution < -0.4 is 5.32 Å². The third-order valence-corrected chi connectivity index (χ3v) is 6.42. The van der Waals surface area contributed by atoms with Gasteiger partial charge in [0.15, 0.2) is 9.84 Å². The van der Waals surface area contributed by atoms with Crippen molar-refractivity contribution in [1.29, 1.82) is 0 Å². The standard InChI is InChI=1S/C18H17F3N6O3S/c1-10-4-11(13-7-27(26-25-13)14-8-31(29,30)9-15(14)28)6-12(5-10)23-17-22-3-2-16(24-17)18(19,20)21/h2-7,14-15,28H,8-9H2,1H3,(H,22,23,24). The van der Waals surface area contributed by atoms with Gasteiger partial charge in [-0.1, -0.05) is 5.21 Å². The minimum Gasteiger partial charge on any atom is -0.390 e. The van der Waals surface area contributed by atoms with Gasteiger partial charge in [-0.05, 0) is 36.8 Å². The Kier molecular flexibility index (Phi) is 5.17. The van der Waals surface area contributed by atoms with Crippen molar-refractivity contribution in [1.82, 2.24) is 25.0 Å². The Balaban J connectivity index is 1.60. The summed E-state index contributed by atoms with van der Waals surface area (Å²) >= 11 is 0. The molecule has 0 saturated carbocycles. The number of benzene rings is 1. The normalized spacial score (nSPS) is 20.7. The molecule has 164 valence electrons. The molecule has 1 fully saturated rings. The molecule has 0 aliphatic carbocycles. The summed E-state index contributed by atoms with van der Waals surface area (Å²) < 4.78 is 63.4. The van der Waals surface area contributed by atoms with Gasteiger partial charge in [0.2, 0.25) is 5.95 Å². The molecule has 3 aromatic rings. The van der Waals surface area contributed by atoms with Crippen molar-refractivity contribution >= 4 is 21.5 Å². The van der Waals surface area contributed by atoms with Crippen molar-refractivity contribution < 1.29 is 26.7 Å². The van der Waals surface area contributed by atoms with Gasteiger partial charge in [-0.3, -0.25) is 0 Å². The molecule has 1 aliphatic rings. The Bertz CT molecular complexity index is 1230. The number of aliphatic hydroxyl groups excluding tert-OH is 1. The highest BCUT2D eigenvalue weighted by molar-refractivity contribution is 7.91. The highest BCUT2D eigenvalue weighted by atomic mass is 32.2. The maximum absolute atomic E-state index is 12.9. The quantitative estimate of drug-likeness (QED) is 0.615. The second-order valence-corrected chi connectivity index (χ2v) is 9.43. The number of aryl methyl sites for hydroxylation is 1. The molecule has 4 rings (SSSR count). The fraction of sp³-hybridized carbons (Fsp3) is 0.333. The first-order valence-electron chi connectivity index (χ1n) is 9.10. The monoisotopic (exact) mass is 454 g/mol. The fourth-order valence-corrected chi connectivity index (χ4v) is 5.12. The number of nitrogens with zero attached hydrogens (tertiary/aromatic N) is 5. The Morgan fingerprint density at radius 3 is 2.68 bits per heavy atom. The lowest BCUT2D eigenvalue weighted by Gasteiger charge is -2.11. The smallest absolute Gasteiger partial charge is 0.390 e. The first-order chi connectivity index (χ1) is 14.5. The molecule has 2 N–H and O–H groups in total. The average Bonchev–Trinajstić information content (AvgIpc) is 3.24.